The van der Waals surface area contributed by atoms with Crippen molar-refractivity contribution in [2.45, 2.75) is 19.9 Å². The van der Waals surface area contributed by atoms with Gasteiger partial charge in [0.2, 0.25) is 0 Å². The molecule has 7 nitrogen and oxygen atoms in total. The summed E-state index contributed by atoms with van der Waals surface area (Å²) >= 11 is 0. The van der Waals surface area contributed by atoms with Crippen LogP contribution in [-0.4, -0.2) is 32.3 Å². The average molecular weight is 570 g/mol. The van der Waals surface area contributed by atoms with Gasteiger partial charge in [-0.15, -0.1) is 0 Å². The molecule has 11 heteroatoms. The van der Waals surface area contributed by atoms with Crippen LogP contribution < -0.4 is 20.1 Å². The lowest BCUT2D eigenvalue weighted by Crippen LogP contribution is -2.12. The Morgan fingerprint density at radius 3 is 2.32 bits per heavy atom. The number of carbonyl (C=O) groups is 1. The Hall–Kier alpha value is -4.80. The van der Waals surface area contributed by atoms with Crippen LogP contribution in [0, 0.1) is 30.2 Å². The number of aryl methyl sites for hydroxylation is 1. The minimum Gasteiger partial charge on any atom is -0.497 e. The Kier molecular flexibility index (Phi) is 8.96. The number of benzene rings is 3. The second-order valence-electron chi connectivity index (χ2n) is 9.03. The van der Waals surface area contributed by atoms with E-state index in [4.69, 9.17) is 14.2 Å². The summed E-state index contributed by atoms with van der Waals surface area (Å²) in [5.41, 5.74) is -0.179. The molecule has 0 unspecified atom stereocenters. The predicted molar refractivity (Wildman–Crippen MR) is 146 cm³/mol. The van der Waals surface area contributed by atoms with E-state index < -0.39 is 41.3 Å². The molecule has 41 heavy (non-hydrogen) atoms. The van der Waals surface area contributed by atoms with Crippen molar-refractivity contribution in [3.05, 3.63) is 106 Å². The molecule has 3 aromatic carbocycles. The van der Waals surface area contributed by atoms with Crippen molar-refractivity contribution < 1.29 is 36.6 Å². The van der Waals surface area contributed by atoms with E-state index in [0.29, 0.717) is 22.6 Å². The van der Waals surface area contributed by atoms with Gasteiger partial charge in [-0.05, 0) is 60.0 Å². The number of nitrogens with zero attached hydrogens (tertiary/aromatic N) is 1. The maximum absolute atomic E-state index is 15.4. The van der Waals surface area contributed by atoms with Crippen molar-refractivity contribution in [3.63, 3.8) is 0 Å². The molecular weight excluding hydrogens is 542 g/mol. The first-order chi connectivity index (χ1) is 19.7. The standard InChI is InChI=1S/C30H27F4N3O4/c1-16-5-8-23(22(31)11-16)37-28-21(30(38)41-4)13-19(25(32)27(28)34)12-17-9-10-35-29(26(17)33)36-15-18-6-7-20(39-2)14-24(18)40-3/h5-11,13-14,37H,12,15H2,1-4H3,(H,35,36). The van der Waals surface area contributed by atoms with Gasteiger partial charge in [-0.3, -0.25) is 0 Å². The molecule has 4 rings (SSSR count). The van der Waals surface area contributed by atoms with E-state index in [1.54, 1.807) is 31.2 Å². The highest BCUT2D eigenvalue weighted by molar-refractivity contribution is 5.97. The van der Waals surface area contributed by atoms with E-state index in [2.05, 4.69) is 15.6 Å². The van der Waals surface area contributed by atoms with Gasteiger partial charge >= 0.3 is 5.97 Å². The van der Waals surface area contributed by atoms with Crippen LogP contribution in [0.5, 0.6) is 11.5 Å². The lowest BCUT2D eigenvalue weighted by atomic mass is 10.00. The summed E-state index contributed by atoms with van der Waals surface area (Å²) in [5.74, 6) is -4.31. The largest absolute Gasteiger partial charge is 0.497 e. The third-order valence-electron chi connectivity index (χ3n) is 6.36. The molecule has 0 atom stereocenters. The van der Waals surface area contributed by atoms with E-state index in [9.17, 15) is 9.18 Å². The average Bonchev–Trinajstić information content (AvgIpc) is 2.97. The molecule has 0 aliphatic carbocycles. The lowest BCUT2D eigenvalue weighted by molar-refractivity contribution is 0.0601. The number of carbonyl (C=O) groups excluding carboxylic acids is 1. The Morgan fingerprint density at radius 2 is 1.63 bits per heavy atom. The number of nitrogens with one attached hydrogen (secondary N) is 2. The Labute approximate surface area is 234 Å². The number of ether oxygens (including phenoxy) is 3. The molecule has 1 heterocycles. The molecule has 0 amide bonds. The van der Waals surface area contributed by atoms with E-state index in [1.807, 2.05) is 0 Å². The van der Waals surface area contributed by atoms with Crippen LogP contribution in [0.4, 0.5) is 34.8 Å². The molecule has 0 spiro atoms. The summed E-state index contributed by atoms with van der Waals surface area (Å²) in [4.78, 5) is 16.5. The number of pyridine rings is 1. The van der Waals surface area contributed by atoms with Crippen molar-refractivity contribution in [1.29, 1.82) is 0 Å². The third-order valence-corrected chi connectivity index (χ3v) is 6.36. The van der Waals surface area contributed by atoms with E-state index in [1.165, 1.54) is 38.6 Å². The number of aromatic nitrogens is 1. The minimum absolute atomic E-state index is 0.0106. The maximum Gasteiger partial charge on any atom is 0.340 e. The molecule has 0 aliphatic rings. The zero-order valence-electron chi connectivity index (χ0n) is 22.7. The number of anilines is 3. The van der Waals surface area contributed by atoms with E-state index in [-0.39, 0.29) is 34.7 Å². The van der Waals surface area contributed by atoms with Crippen molar-refractivity contribution >= 4 is 23.2 Å². The Bertz CT molecular complexity index is 1600. The van der Waals surface area contributed by atoms with Gasteiger partial charge in [0.15, 0.2) is 23.3 Å². The molecule has 214 valence electrons. The molecular formula is C30H27F4N3O4. The van der Waals surface area contributed by atoms with Crippen molar-refractivity contribution in [2.75, 3.05) is 32.0 Å². The first-order valence-corrected chi connectivity index (χ1v) is 12.4. The van der Waals surface area contributed by atoms with Gasteiger partial charge in [0, 0.05) is 30.8 Å². The number of hydrogen-bond donors (Lipinski definition) is 2. The molecule has 4 aromatic rings. The van der Waals surface area contributed by atoms with Crippen molar-refractivity contribution in [1.82, 2.24) is 4.98 Å². The summed E-state index contributed by atoms with van der Waals surface area (Å²) in [5, 5.41) is 5.33. The molecule has 0 saturated carbocycles. The smallest absolute Gasteiger partial charge is 0.340 e. The van der Waals surface area contributed by atoms with Crippen LogP contribution in [0.2, 0.25) is 0 Å². The lowest BCUT2D eigenvalue weighted by Gasteiger charge is -2.16. The molecule has 0 saturated heterocycles. The van der Waals surface area contributed by atoms with Gasteiger partial charge in [0.25, 0.3) is 0 Å². The highest BCUT2D eigenvalue weighted by Gasteiger charge is 2.25. The summed E-state index contributed by atoms with van der Waals surface area (Å²) < 4.78 is 75.7. The molecule has 0 aliphatic heterocycles. The SMILES string of the molecule is COC(=O)c1cc(Cc2ccnc(NCc3ccc(OC)cc3OC)c2F)c(F)c(F)c1Nc1ccc(C)cc1F. The fraction of sp³-hybridized carbons (Fsp3) is 0.200. The van der Waals surface area contributed by atoms with Crippen LogP contribution >= 0.6 is 0 Å². The van der Waals surface area contributed by atoms with E-state index in [0.717, 1.165) is 13.2 Å². The fourth-order valence-electron chi connectivity index (χ4n) is 4.18. The van der Waals surface area contributed by atoms with Gasteiger partial charge in [-0.2, -0.15) is 0 Å². The number of hydrogen-bond acceptors (Lipinski definition) is 7. The normalized spacial score (nSPS) is 10.7. The van der Waals surface area contributed by atoms with Crippen LogP contribution in [-0.2, 0) is 17.7 Å². The zero-order valence-corrected chi connectivity index (χ0v) is 22.7. The number of halogens is 4. The van der Waals surface area contributed by atoms with Crippen LogP contribution in [0.25, 0.3) is 0 Å². The fourth-order valence-corrected chi connectivity index (χ4v) is 4.18. The topological polar surface area (TPSA) is 81.7 Å². The summed E-state index contributed by atoms with van der Waals surface area (Å²) in [7, 11) is 4.08. The second kappa shape index (κ2) is 12.6. The third kappa shape index (κ3) is 6.34. The monoisotopic (exact) mass is 569 g/mol. The molecule has 2 N–H and O–H groups in total. The molecule has 1 aromatic heterocycles. The summed E-state index contributed by atoms with van der Waals surface area (Å²) in [6.07, 6.45) is 0.901. The Balaban J connectivity index is 1.64. The summed E-state index contributed by atoms with van der Waals surface area (Å²) in [6.45, 7) is 1.81. The number of rotatable bonds is 10. The second-order valence-corrected chi connectivity index (χ2v) is 9.03. The van der Waals surface area contributed by atoms with Gasteiger partial charge in [-0.1, -0.05) is 6.07 Å². The predicted octanol–water partition coefficient (Wildman–Crippen LogP) is 6.70. The van der Waals surface area contributed by atoms with Gasteiger partial charge in [0.05, 0.1) is 38.3 Å². The van der Waals surface area contributed by atoms with Gasteiger partial charge in [0.1, 0.15) is 17.3 Å². The summed E-state index contributed by atoms with van der Waals surface area (Å²) in [6, 6.07) is 11.6. The number of methoxy groups -OCH3 is 3. The first kappa shape index (κ1) is 29.2. The van der Waals surface area contributed by atoms with Crippen LogP contribution in [0.3, 0.4) is 0 Å². The Morgan fingerprint density at radius 1 is 0.854 bits per heavy atom. The molecule has 0 bridgehead atoms. The van der Waals surface area contributed by atoms with E-state index >= 15 is 13.2 Å². The number of esters is 1. The highest BCUT2D eigenvalue weighted by Crippen LogP contribution is 2.32. The molecule has 0 fully saturated rings. The van der Waals surface area contributed by atoms with Gasteiger partial charge < -0.3 is 24.8 Å². The highest BCUT2D eigenvalue weighted by atomic mass is 19.2. The minimum atomic E-state index is -1.44. The van der Waals surface area contributed by atoms with Crippen molar-refractivity contribution in [3.8, 4) is 11.5 Å². The maximum atomic E-state index is 15.4. The zero-order chi connectivity index (χ0) is 29.7. The van der Waals surface area contributed by atoms with Crippen molar-refractivity contribution in [2.24, 2.45) is 0 Å². The quantitative estimate of drug-likeness (QED) is 0.163. The van der Waals surface area contributed by atoms with Gasteiger partial charge in [-0.25, -0.2) is 27.3 Å². The molecule has 0 radical (unpaired) electrons. The first-order valence-electron chi connectivity index (χ1n) is 12.4. The van der Waals surface area contributed by atoms with Crippen LogP contribution in [0.1, 0.15) is 32.6 Å². The van der Waals surface area contributed by atoms with Crippen LogP contribution in [0.15, 0.2) is 54.7 Å².